The Morgan fingerprint density at radius 1 is 1.67 bits per heavy atom. The smallest absolute Gasteiger partial charge is 0.311 e. The molecule has 0 saturated carbocycles. The molecule has 0 fully saturated rings. The lowest BCUT2D eigenvalue weighted by atomic mass is 10.8. The Kier molecular flexibility index (Phi) is 3.32. The van der Waals surface area contributed by atoms with Crippen molar-refractivity contribution in [2.75, 3.05) is 13.7 Å². The van der Waals surface area contributed by atoms with Crippen LogP contribution in [0.3, 0.4) is 0 Å². The Morgan fingerprint density at radius 3 is 2.11 bits per heavy atom. The number of hydrogen-bond donors (Lipinski definition) is 2. The van der Waals surface area contributed by atoms with Crippen LogP contribution < -0.4 is 0 Å². The molecule has 0 saturated heterocycles. The first-order valence-electron chi connectivity index (χ1n) is 2.40. The first-order valence-corrected chi connectivity index (χ1v) is 3.96. The van der Waals surface area contributed by atoms with Gasteiger partial charge in [0.05, 0.1) is 7.11 Å². The van der Waals surface area contributed by atoms with E-state index in [4.69, 9.17) is 9.79 Å². The standard InChI is InChI=1S/C3H10NO4P/c1-3-4(8-2)9(5,6)7/h3H2,1-2H3,(H2,5,6,7). The lowest BCUT2D eigenvalue weighted by Crippen LogP contribution is -2.17. The molecule has 0 radical (unpaired) electrons. The van der Waals surface area contributed by atoms with Crippen LogP contribution in [0.2, 0.25) is 0 Å². The maximum Gasteiger partial charge on any atom is 0.426 e. The Bertz CT molecular complexity index is 117. The predicted octanol–water partition coefficient (Wildman–Crippen LogP) is -0.0376. The van der Waals surface area contributed by atoms with Gasteiger partial charge in [-0.25, -0.2) is 4.57 Å². The minimum absolute atomic E-state index is 0.167. The van der Waals surface area contributed by atoms with Gasteiger partial charge < -0.3 is 9.79 Å². The molecule has 56 valence electrons. The molecule has 0 aromatic rings. The van der Waals surface area contributed by atoms with Crippen molar-refractivity contribution in [2.24, 2.45) is 0 Å². The summed E-state index contributed by atoms with van der Waals surface area (Å²) in [5, 5.41) is 0. The van der Waals surface area contributed by atoms with Gasteiger partial charge in [0, 0.05) is 6.54 Å². The van der Waals surface area contributed by atoms with E-state index < -0.39 is 7.75 Å². The van der Waals surface area contributed by atoms with Gasteiger partial charge >= 0.3 is 7.75 Å². The van der Waals surface area contributed by atoms with Gasteiger partial charge in [-0.05, 0) is 6.92 Å². The summed E-state index contributed by atoms with van der Waals surface area (Å²) >= 11 is 0. The van der Waals surface area contributed by atoms with Gasteiger partial charge in [0.15, 0.2) is 0 Å². The number of rotatable bonds is 3. The molecular formula is C3H10NO4P. The van der Waals surface area contributed by atoms with E-state index in [0.717, 1.165) is 0 Å². The van der Waals surface area contributed by atoms with Gasteiger partial charge in [-0.2, -0.15) is 0 Å². The van der Waals surface area contributed by atoms with E-state index in [-0.39, 0.29) is 6.54 Å². The van der Waals surface area contributed by atoms with Crippen LogP contribution in [-0.2, 0) is 9.40 Å². The molecule has 0 aromatic heterocycles. The van der Waals surface area contributed by atoms with Crippen LogP contribution in [0.25, 0.3) is 0 Å². The normalized spacial score (nSPS) is 12.6. The average Bonchev–Trinajstić information content (AvgIpc) is 1.65. The fraction of sp³-hybridized carbons (Fsp3) is 1.00. The van der Waals surface area contributed by atoms with E-state index in [2.05, 4.69) is 4.84 Å². The molecule has 0 heterocycles. The molecule has 0 spiro atoms. The summed E-state index contributed by atoms with van der Waals surface area (Å²) in [6.07, 6.45) is 0. The summed E-state index contributed by atoms with van der Waals surface area (Å²) in [4.78, 5) is 21.7. The highest BCUT2D eigenvalue weighted by atomic mass is 31.2. The van der Waals surface area contributed by atoms with Crippen molar-refractivity contribution in [1.29, 1.82) is 0 Å². The van der Waals surface area contributed by atoms with Crippen molar-refractivity contribution in [3.8, 4) is 0 Å². The molecule has 0 unspecified atom stereocenters. The van der Waals surface area contributed by atoms with Gasteiger partial charge in [-0.15, -0.1) is 0 Å². The summed E-state index contributed by atoms with van der Waals surface area (Å²) in [5.41, 5.74) is 0. The quantitative estimate of drug-likeness (QED) is 0.442. The second-order valence-corrected chi connectivity index (χ2v) is 2.84. The van der Waals surface area contributed by atoms with Crippen LogP contribution in [-0.4, -0.2) is 28.3 Å². The van der Waals surface area contributed by atoms with Gasteiger partial charge in [0.1, 0.15) is 0 Å². The highest BCUT2D eigenvalue weighted by molar-refractivity contribution is 7.48. The fourth-order valence-electron chi connectivity index (χ4n) is 0.420. The topological polar surface area (TPSA) is 70.0 Å². The van der Waals surface area contributed by atoms with Crippen LogP contribution in [0.1, 0.15) is 6.92 Å². The van der Waals surface area contributed by atoms with Crippen molar-refractivity contribution in [1.82, 2.24) is 4.83 Å². The second-order valence-electron chi connectivity index (χ2n) is 1.36. The molecule has 5 nitrogen and oxygen atoms in total. The monoisotopic (exact) mass is 155 g/mol. The summed E-state index contributed by atoms with van der Waals surface area (Å²) in [7, 11) is -2.95. The molecule has 0 rings (SSSR count). The van der Waals surface area contributed by atoms with E-state index in [9.17, 15) is 4.57 Å². The zero-order valence-electron chi connectivity index (χ0n) is 5.31. The molecule has 9 heavy (non-hydrogen) atoms. The summed E-state index contributed by atoms with van der Waals surface area (Å²) in [6.45, 7) is 1.75. The zero-order chi connectivity index (χ0) is 7.49. The van der Waals surface area contributed by atoms with E-state index in [1.54, 1.807) is 6.92 Å². The third-order valence-electron chi connectivity index (χ3n) is 0.772. The molecular weight excluding hydrogens is 145 g/mol. The van der Waals surface area contributed by atoms with Crippen LogP contribution in [0.15, 0.2) is 0 Å². The lowest BCUT2D eigenvalue weighted by molar-refractivity contribution is -0.0677. The number of nitrogens with zero attached hydrogens (tertiary/aromatic N) is 1. The summed E-state index contributed by atoms with van der Waals surface area (Å²) < 4.78 is 10.3. The molecule has 0 aliphatic carbocycles. The van der Waals surface area contributed by atoms with E-state index in [1.165, 1.54) is 7.11 Å². The zero-order valence-corrected chi connectivity index (χ0v) is 6.21. The summed E-state index contributed by atoms with van der Waals surface area (Å²) in [5.74, 6) is 0. The molecule has 6 heteroatoms. The largest absolute Gasteiger partial charge is 0.426 e. The minimum atomic E-state index is -4.16. The van der Waals surface area contributed by atoms with Crippen LogP contribution in [0, 0.1) is 0 Å². The van der Waals surface area contributed by atoms with Gasteiger partial charge in [-0.3, -0.25) is 4.84 Å². The maximum absolute atomic E-state index is 10.3. The van der Waals surface area contributed by atoms with Crippen molar-refractivity contribution in [2.45, 2.75) is 6.92 Å². The van der Waals surface area contributed by atoms with Crippen LogP contribution >= 0.6 is 7.75 Å². The molecule has 0 bridgehead atoms. The molecule has 0 aliphatic rings. The Labute approximate surface area is 53.4 Å². The predicted molar refractivity (Wildman–Crippen MR) is 31.4 cm³/mol. The third-order valence-corrected chi connectivity index (χ3v) is 1.80. The van der Waals surface area contributed by atoms with Crippen molar-refractivity contribution in [3.05, 3.63) is 0 Å². The third kappa shape index (κ3) is 2.93. The number of hydrogen-bond acceptors (Lipinski definition) is 2. The summed E-state index contributed by atoms with van der Waals surface area (Å²) in [6, 6.07) is 0. The van der Waals surface area contributed by atoms with E-state index >= 15 is 0 Å². The van der Waals surface area contributed by atoms with Crippen molar-refractivity contribution < 1.29 is 19.2 Å². The first kappa shape index (κ1) is 9.07. The molecule has 0 aromatic carbocycles. The number of hydroxylamine groups is 1. The Morgan fingerprint density at radius 2 is 2.11 bits per heavy atom. The minimum Gasteiger partial charge on any atom is -0.311 e. The van der Waals surface area contributed by atoms with Crippen LogP contribution in [0.5, 0.6) is 0 Å². The highest BCUT2D eigenvalue weighted by Gasteiger charge is 2.22. The van der Waals surface area contributed by atoms with E-state index in [1.807, 2.05) is 0 Å². The SMILES string of the molecule is CCN(OC)P(=O)(O)O. The van der Waals surface area contributed by atoms with Crippen molar-refractivity contribution in [3.63, 3.8) is 0 Å². The highest BCUT2D eigenvalue weighted by Crippen LogP contribution is 2.38. The average molecular weight is 155 g/mol. The van der Waals surface area contributed by atoms with Crippen molar-refractivity contribution >= 4 is 7.75 Å². The van der Waals surface area contributed by atoms with Gasteiger partial charge in [-0.1, -0.05) is 4.83 Å². The van der Waals surface area contributed by atoms with Crippen LogP contribution in [0.4, 0.5) is 0 Å². The van der Waals surface area contributed by atoms with Gasteiger partial charge in [0.25, 0.3) is 0 Å². The maximum atomic E-state index is 10.3. The molecule has 0 atom stereocenters. The Hall–Kier alpha value is 0.0700. The first-order chi connectivity index (χ1) is 4.02. The molecule has 0 aliphatic heterocycles. The fourth-order valence-corrected chi connectivity index (χ4v) is 1.00. The lowest BCUT2D eigenvalue weighted by Gasteiger charge is -2.17. The van der Waals surface area contributed by atoms with Gasteiger partial charge in [0.2, 0.25) is 0 Å². The second kappa shape index (κ2) is 3.29. The molecule has 2 N–H and O–H groups in total. The van der Waals surface area contributed by atoms with E-state index in [0.29, 0.717) is 4.83 Å². The Balaban J connectivity index is 3.96. The molecule has 0 amide bonds.